The number of carbonyl (C=O) groups excluding carboxylic acids is 1. The average molecular weight is 609 g/mol. The number of hydrogen-bond acceptors (Lipinski definition) is 3. The Bertz CT molecular complexity index is 576. The molecule has 0 fully saturated rings. The zero-order chi connectivity index (χ0) is 31.5. The molecule has 0 aromatic rings. The molecule has 4 nitrogen and oxygen atoms in total. The number of carboxylic acid groups (broad SMARTS) is 1. The lowest BCUT2D eigenvalue weighted by Gasteiger charge is -2.18. The fourth-order valence-electron chi connectivity index (χ4n) is 6.17. The molecule has 43 heavy (non-hydrogen) atoms. The highest BCUT2D eigenvalue weighted by atomic mass is 16.5. The summed E-state index contributed by atoms with van der Waals surface area (Å²) in [5.74, 6) is -0.624. The van der Waals surface area contributed by atoms with Gasteiger partial charge in [-0.05, 0) is 32.1 Å². The maximum atomic E-state index is 12.5. The molecule has 1 atom stereocenters. The molecule has 0 heterocycles. The monoisotopic (exact) mass is 609 g/mol. The van der Waals surface area contributed by atoms with Gasteiger partial charge in [-0.2, -0.15) is 0 Å². The highest BCUT2D eigenvalue weighted by Gasteiger charge is 2.14. The van der Waals surface area contributed by atoms with Crippen LogP contribution >= 0.6 is 0 Å². The number of rotatable bonds is 36. The molecule has 0 amide bonds. The number of esters is 1. The van der Waals surface area contributed by atoms with E-state index in [0.29, 0.717) is 12.8 Å². The maximum absolute atomic E-state index is 12.5. The highest BCUT2D eigenvalue weighted by Crippen LogP contribution is 2.18. The summed E-state index contributed by atoms with van der Waals surface area (Å²) in [5.41, 5.74) is 0. The molecule has 0 aromatic heterocycles. The number of ether oxygens (including phenoxy) is 1. The van der Waals surface area contributed by atoms with Crippen molar-refractivity contribution in [2.24, 2.45) is 0 Å². The first-order valence-electron chi connectivity index (χ1n) is 19.5. The molecule has 1 unspecified atom stereocenters. The van der Waals surface area contributed by atoms with Gasteiger partial charge in [0.2, 0.25) is 0 Å². The Kier molecular flexibility index (Phi) is 34.5. The molecule has 0 aliphatic heterocycles. The first kappa shape index (κ1) is 41.9. The van der Waals surface area contributed by atoms with Crippen LogP contribution in [0.3, 0.4) is 0 Å². The number of aliphatic carboxylic acids is 1. The normalized spacial score (nSPS) is 12.0. The Morgan fingerprint density at radius 2 is 0.721 bits per heavy atom. The Labute approximate surface area is 269 Å². The van der Waals surface area contributed by atoms with Gasteiger partial charge < -0.3 is 9.84 Å². The van der Waals surface area contributed by atoms with Gasteiger partial charge >= 0.3 is 11.9 Å². The van der Waals surface area contributed by atoms with Crippen molar-refractivity contribution in [1.29, 1.82) is 0 Å². The van der Waals surface area contributed by atoms with Crippen molar-refractivity contribution in [1.82, 2.24) is 0 Å². The largest absolute Gasteiger partial charge is 0.481 e. The summed E-state index contributed by atoms with van der Waals surface area (Å²) in [6.45, 7) is 4.50. The van der Waals surface area contributed by atoms with E-state index in [1.54, 1.807) is 0 Å². The molecule has 0 bridgehead atoms. The van der Waals surface area contributed by atoms with Gasteiger partial charge in [-0.15, -0.1) is 0 Å². The van der Waals surface area contributed by atoms with Crippen LogP contribution in [-0.4, -0.2) is 23.1 Å². The first-order valence-corrected chi connectivity index (χ1v) is 19.5. The fraction of sp³-hybridized carbons (Fsp3) is 0.949. The van der Waals surface area contributed by atoms with Crippen LogP contribution in [0.5, 0.6) is 0 Å². The lowest BCUT2D eigenvalue weighted by molar-refractivity contribution is -0.150. The van der Waals surface area contributed by atoms with Gasteiger partial charge in [-0.25, -0.2) is 0 Å². The van der Waals surface area contributed by atoms with Crippen molar-refractivity contribution in [2.75, 3.05) is 0 Å². The van der Waals surface area contributed by atoms with Crippen molar-refractivity contribution >= 4 is 11.9 Å². The molecule has 1 N–H and O–H groups in total. The van der Waals surface area contributed by atoms with Gasteiger partial charge in [0.25, 0.3) is 0 Å². The summed E-state index contributed by atoms with van der Waals surface area (Å²) in [6.07, 6.45) is 41.7. The van der Waals surface area contributed by atoms with Crippen molar-refractivity contribution in [3.05, 3.63) is 0 Å². The lowest BCUT2D eigenvalue weighted by atomic mass is 10.0. The zero-order valence-electron chi connectivity index (χ0n) is 29.3. The van der Waals surface area contributed by atoms with Crippen LogP contribution < -0.4 is 0 Å². The van der Waals surface area contributed by atoms with E-state index >= 15 is 0 Å². The summed E-state index contributed by atoms with van der Waals surface area (Å²) >= 11 is 0. The second-order valence-electron chi connectivity index (χ2n) is 13.5. The van der Waals surface area contributed by atoms with Crippen LogP contribution in [0.4, 0.5) is 0 Å². The van der Waals surface area contributed by atoms with Gasteiger partial charge in [0.15, 0.2) is 0 Å². The molecule has 0 aliphatic carbocycles. The summed E-state index contributed by atoms with van der Waals surface area (Å²) in [5, 5.41) is 8.66. The van der Waals surface area contributed by atoms with Gasteiger partial charge in [0, 0.05) is 12.8 Å². The Hall–Kier alpha value is -1.06. The maximum Gasteiger partial charge on any atom is 0.306 e. The average Bonchev–Trinajstić information content (AvgIpc) is 2.99. The summed E-state index contributed by atoms with van der Waals surface area (Å²) < 4.78 is 5.93. The van der Waals surface area contributed by atoms with E-state index in [1.807, 2.05) is 0 Å². The zero-order valence-corrected chi connectivity index (χ0v) is 29.3. The number of unbranched alkanes of at least 4 members (excludes halogenated alkanes) is 27. The number of carboxylic acids is 1. The molecular weight excluding hydrogens is 532 g/mol. The minimum atomic E-state index is -0.664. The van der Waals surface area contributed by atoms with Gasteiger partial charge in [-0.1, -0.05) is 187 Å². The summed E-state index contributed by atoms with van der Waals surface area (Å²) in [6, 6.07) is 0. The predicted octanol–water partition coefficient (Wildman–Crippen LogP) is 13.3. The third-order valence-electron chi connectivity index (χ3n) is 9.08. The molecule has 0 aromatic carbocycles. The topological polar surface area (TPSA) is 63.6 Å². The highest BCUT2D eigenvalue weighted by molar-refractivity contribution is 5.69. The molecule has 4 heteroatoms. The van der Waals surface area contributed by atoms with Crippen LogP contribution in [-0.2, 0) is 14.3 Å². The van der Waals surface area contributed by atoms with Crippen molar-refractivity contribution in [2.45, 2.75) is 238 Å². The molecule has 0 radical (unpaired) electrons. The van der Waals surface area contributed by atoms with Crippen LogP contribution in [0.1, 0.15) is 232 Å². The molecule has 0 saturated heterocycles. The van der Waals surface area contributed by atoms with Crippen molar-refractivity contribution in [3.63, 3.8) is 0 Å². The number of hydrogen-bond donors (Lipinski definition) is 1. The molecule has 0 saturated carbocycles. The number of carbonyl (C=O) groups is 2. The first-order chi connectivity index (χ1) is 21.1. The minimum Gasteiger partial charge on any atom is -0.481 e. The Balaban J connectivity index is 3.59. The molecular formula is C39H76O4. The predicted molar refractivity (Wildman–Crippen MR) is 186 cm³/mol. The lowest BCUT2D eigenvalue weighted by Crippen LogP contribution is -2.18. The van der Waals surface area contributed by atoms with Crippen molar-refractivity contribution in [3.8, 4) is 0 Å². The third kappa shape index (κ3) is 35.3. The third-order valence-corrected chi connectivity index (χ3v) is 9.08. The van der Waals surface area contributed by atoms with E-state index in [9.17, 15) is 9.59 Å². The standard InChI is InChI=1S/C39H76O4/c1-3-5-7-8-9-10-11-12-17-20-23-26-29-32-36-39(42)43-37(33-6-4-2)34-30-27-24-21-18-15-13-14-16-19-22-25-28-31-35-38(40)41/h37H,3-36H2,1-2H3,(H,40,41). The smallest absolute Gasteiger partial charge is 0.306 e. The van der Waals surface area contributed by atoms with E-state index in [2.05, 4.69) is 13.8 Å². The van der Waals surface area contributed by atoms with Crippen LogP contribution in [0.15, 0.2) is 0 Å². The SMILES string of the molecule is CCCCCCCCCCCCCCCCC(=O)OC(CCCC)CCCCCCCCCCCCCCCCC(=O)O. The molecule has 256 valence electrons. The van der Waals surface area contributed by atoms with Gasteiger partial charge in [0.1, 0.15) is 6.10 Å². The Morgan fingerprint density at radius 1 is 0.419 bits per heavy atom. The molecule has 0 aliphatic rings. The second kappa shape index (κ2) is 35.4. The van der Waals surface area contributed by atoms with Crippen LogP contribution in [0, 0.1) is 0 Å². The fourth-order valence-corrected chi connectivity index (χ4v) is 6.17. The minimum absolute atomic E-state index is 0.0400. The van der Waals surface area contributed by atoms with E-state index in [1.165, 1.54) is 167 Å². The molecule has 0 rings (SSSR count). The second-order valence-corrected chi connectivity index (χ2v) is 13.5. The Morgan fingerprint density at radius 3 is 1.09 bits per heavy atom. The van der Waals surface area contributed by atoms with Crippen LogP contribution in [0.2, 0.25) is 0 Å². The van der Waals surface area contributed by atoms with Gasteiger partial charge in [0.05, 0.1) is 0 Å². The summed E-state index contributed by atoms with van der Waals surface area (Å²) in [7, 11) is 0. The van der Waals surface area contributed by atoms with E-state index in [0.717, 1.165) is 38.5 Å². The van der Waals surface area contributed by atoms with E-state index < -0.39 is 5.97 Å². The summed E-state index contributed by atoms with van der Waals surface area (Å²) in [4.78, 5) is 23.0. The van der Waals surface area contributed by atoms with Crippen LogP contribution in [0.25, 0.3) is 0 Å². The quantitative estimate of drug-likeness (QED) is 0.0567. The van der Waals surface area contributed by atoms with E-state index in [4.69, 9.17) is 9.84 Å². The molecule has 0 spiro atoms. The van der Waals surface area contributed by atoms with E-state index in [-0.39, 0.29) is 12.1 Å². The van der Waals surface area contributed by atoms with Crippen molar-refractivity contribution < 1.29 is 19.4 Å². The van der Waals surface area contributed by atoms with Gasteiger partial charge in [-0.3, -0.25) is 9.59 Å².